The highest BCUT2D eigenvalue weighted by atomic mass is 79.9. The van der Waals surface area contributed by atoms with Gasteiger partial charge >= 0.3 is 5.97 Å². The zero-order valence-corrected chi connectivity index (χ0v) is 12.4. The van der Waals surface area contributed by atoms with Crippen molar-refractivity contribution in [1.29, 1.82) is 0 Å². The smallest absolute Gasteiger partial charge is 0.314 e. The first-order valence-corrected chi connectivity index (χ1v) is 7.71. The average Bonchev–Trinajstić information content (AvgIpc) is 3.21. The van der Waals surface area contributed by atoms with E-state index >= 15 is 0 Å². The van der Waals surface area contributed by atoms with Gasteiger partial charge in [0.05, 0.1) is 11.1 Å². The van der Waals surface area contributed by atoms with E-state index in [2.05, 4.69) is 26.9 Å². The molecule has 0 radical (unpaired) electrons. The van der Waals surface area contributed by atoms with Crippen molar-refractivity contribution in [2.75, 3.05) is 18.0 Å². The predicted octanol–water partition coefficient (Wildman–Crippen LogP) is 3.56. The van der Waals surface area contributed by atoms with Gasteiger partial charge in [0.15, 0.2) is 0 Å². The topological polar surface area (TPSA) is 40.5 Å². The number of piperidine rings is 1. The molecule has 0 aromatic heterocycles. The highest BCUT2D eigenvalue weighted by Gasteiger charge is 2.51. The van der Waals surface area contributed by atoms with E-state index in [1.165, 1.54) is 24.9 Å². The Morgan fingerprint density at radius 2 is 1.89 bits per heavy atom. The summed E-state index contributed by atoms with van der Waals surface area (Å²) >= 11 is 3.62. The van der Waals surface area contributed by atoms with Crippen molar-refractivity contribution in [3.63, 3.8) is 0 Å². The van der Waals surface area contributed by atoms with Gasteiger partial charge in [-0.25, -0.2) is 0 Å². The molecule has 0 bridgehead atoms. The zero-order valence-electron chi connectivity index (χ0n) is 10.9. The Kier molecular flexibility index (Phi) is 3.29. The first-order chi connectivity index (χ1) is 9.13. The van der Waals surface area contributed by atoms with Gasteiger partial charge in [0.1, 0.15) is 0 Å². The molecule has 1 aliphatic carbocycles. The van der Waals surface area contributed by atoms with Gasteiger partial charge in [0.2, 0.25) is 0 Å². The molecule has 1 aliphatic heterocycles. The van der Waals surface area contributed by atoms with E-state index in [9.17, 15) is 9.90 Å². The maximum absolute atomic E-state index is 11.4. The fourth-order valence-electron chi connectivity index (χ4n) is 2.95. The molecule has 1 heterocycles. The van der Waals surface area contributed by atoms with Crippen LogP contribution in [0.25, 0.3) is 0 Å². The van der Waals surface area contributed by atoms with Crippen LogP contribution < -0.4 is 4.90 Å². The molecule has 1 saturated carbocycles. The summed E-state index contributed by atoms with van der Waals surface area (Å²) in [4.78, 5) is 13.7. The lowest BCUT2D eigenvalue weighted by atomic mass is 9.96. The summed E-state index contributed by atoms with van der Waals surface area (Å²) in [7, 11) is 0. The van der Waals surface area contributed by atoms with Crippen LogP contribution >= 0.6 is 15.9 Å². The van der Waals surface area contributed by atoms with E-state index in [1.54, 1.807) is 0 Å². The number of hydrogen-bond donors (Lipinski definition) is 1. The van der Waals surface area contributed by atoms with Crippen LogP contribution in [-0.2, 0) is 10.2 Å². The van der Waals surface area contributed by atoms with Crippen LogP contribution in [0.4, 0.5) is 5.69 Å². The SMILES string of the molecule is O=C(O)C1(c2ccc(N3CCCCC3)c(Br)c2)CC1. The van der Waals surface area contributed by atoms with E-state index in [0.717, 1.165) is 36.0 Å². The number of benzene rings is 1. The molecule has 1 aromatic rings. The molecule has 2 fully saturated rings. The van der Waals surface area contributed by atoms with Crippen molar-refractivity contribution in [2.45, 2.75) is 37.5 Å². The number of nitrogens with zero attached hydrogens (tertiary/aromatic N) is 1. The van der Waals surface area contributed by atoms with Crippen LogP contribution in [0.15, 0.2) is 22.7 Å². The Morgan fingerprint density at radius 1 is 1.21 bits per heavy atom. The quantitative estimate of drug-likeness (QED) is 0.924. The Labute approximate surface area is 121 Å². The minimum absolute atomic E-state index is 0.608. The van der Waals surface area contributed by atoms with Gasteiger partial charge in [-0.2, -0.15) is 0 Å². The Hall–Kier alpha value is -1.03. The molecule has 19 heavy (non-hydrogen) atoms. The van der Waals surface area contributed by atoms with Gasteiger partial charge in [0, 0.05) is 17.6 Å². The van der Waals surface area contributed by atoms with Gasteiger partial charge in [-0.15, -0.1) is 0 Å². The number of rotatable bonds is 3. The molecule has 3 nitrogen and oxygen atoms in total. The van der Waals surface area contributed by atoms with E-state index in [4.69, 9.17) is 0 Å². The highest BCUT2D eigenvalue weighted by Crippen LogP contribution is 2.49. The molecule has 0 amide bonds. The van der Waals surface area contributed by atoms with Crippen LogP contribution in [0.2, 0.25) is 0 Å². The van der Waals surface area contributed by atoms with Gasteiger partial charge in [-0.05, 0) is 65.7 Å². The first-order valence-electron chi connectivity index (χ1n) is 6.92. The lowest BCUT2D eigenvalue weighted by molar-refractivity contribution is -0.140. The molecule has 0 atom stereocenters. The summed E-state index contributed by atoms with van der Waals surface area (Å²) in [6.07, 6.45) is 5.32. The maximum atomic E-state index is 11.4. The molecule has 3 rings (SSSR count). The molecule has 4 heteroatoms. The second kappa shape index (κ2) is 4.82. The van der Waals surface area contributed by atoms with Gasteiger partial charge in [-0.1, -0.05) is 6.07 Å². The van der Waals surface area contributed by atoms with E-state index < -0.39 is 11.4 Å². The second-order valence-electron chi connectivity index (χ2n) is 5.60. The number of hydrogen-bond acceptors (Lipinski definition) is 2. The van der Waals surface area contributed by atoms with Crippen molar-refractivity contribution in [3.05, 3.63) is 28.2 Å². The first kappa shape index (κ1) is 13.0. The number of aliphatic carboxylic acids is 1. The van der Waals surface area contributed by atoms with Crippen LogP contribution in [-0.4, -0.2) is 24.2 Å². The zero-order chi connectivity index (χ0) is 13.5. The predicted molar refractivity (Wildman–Crippen MR) is 78.8 cm³/mol. The summed E-state index contributed by atoms with van der Waals surface area (Å²) < 4.78 is 1.03. The van der Waals surface area contributed by atoms with Crippen molar-refractivity contribution in [1.82, 2.24) is 0 Å². The van der Waals surface area contributed by atoms with Crippen molar-refractivity contribution < 1.29 is 9.90 Å². The van der Waals surface area contributed by atoms with Crippen LogP contribution in [0.3, 0.4) is 0 Å². The summed E-state index contributed by atoms with van der Waals surface area (Å²) in [6.45, 7) is 2.20. The van der Waals surface area contributed by atoms with Crippen LogP contribution in [0.1, 0.15) is 37.7 Å². The average molecular weight is 324 g/mol. The lowest BCUT2D eigenvalue weighted by Crippen LogP contribution is -2.29. The number of carbonyl (C=O) groups is 1. The van der Waals surface area contributed by atoms with E-state index in [1.807, 2.05) is 12.1 Å². The summed E-state index contributed by atoms with van der Waals surface area (Å²) in [6, 6.07) is 6.08. The summed E-state index contributed by atoms with van der Waals surface area (Å²) in [5, 5.41) is 9.34. The maximum Gasteiger partial charge on any atom is 0.314 e. The number of halogens is 1. The molecule has 2 aliphatic rings. The Balaban J connectivity index is 1.88. The third-order valence-electron chi connectivity index (χ3n) is 4.36. The van der Waals surface area contributed by atoms with Gasteiger partial charge < -0.3 is 10.0 Å². The van der Waals surface area contributed by atoms with Gasteiger partial charge in [-0.3, -0.25) is 4.79 Å². The Morgan fingerprint density at radius 3 is 2.42 bits per heavy atom. The molecule has 1 aromatic carbocycles. The van der Waals surface area contributed by atoms with Crippen LogP contribution in [0, 0.1) is 0 Å². The molecule has 1 N–H and O–H groups in total. The van der Waals surface area contributed by atoms with Crippen molar-refractivity contribution in [2.24, 2.45) is 0 Å². The minimum atomic E-state index is -0.690. The molecular formula is C15H18BrNO2. The highest BCUT2D eigenvalue weighted by molar-refractivity contribution is 9.10. The Bertz CT molecular complexity index is 505. The largest absolute Gasteiger partial charge is 0.481 e. The second-order valence-corrected chi connectivity index (χ2v) is 6.46. The third kappa shape index (κ3) is 2.27. The summed E-state index contributed by atoms with van der Waals surface area (Å²) in [5.41, 5.74) is 1.53. The molecule has 1 saturated heterocycles. The molecule has 0 unspecified atom stereocenters. The summed E-state index contributed by atoms with van der Waals surface area (Å²) in [5.74, 6) is -0.690. The van der Waals surface area contributed by atoms with Gasteiger partial charge in [0.25, 0.3) is 0 Å². The van der Waals surface area contributed by atoms with E-state index in [-0.39, 0.29) is 0 Å². The number of anilines is 1. The van der Waals surface area contributed by atoms with Crippen molar-refractivity contribution in [3.8, 4) is 0 Å². The molecular weight excluding hydrogens is 306 g/mol. The monoisotopic (exact) mass is 323 g/mol. The standard InChI is InChI=1S/C15H18BrNO2/c16-12-10-11(15(6-7-15)14(18)19)4-5-13(12)17-8-2-1-3-9-17/h4-5,10H,1-3,6-9H2,(H,18,19). The number of carboxylic acids is 1. The lowest BCUT2D eigenvalue weighted by Gasteiger charge is -2.30. The van der Waals surface area contributed by atoms with Crippen LogP contribution in [0.5, 0.6) is 0 Å². The number of carboxylic acid groups (broad SMARTS) is 1. The van der Waals surface area contributed by atoms with Crippen molar-refractivity contribution >= 4 is 27.6 Å². The third-order valence-corrected chi connectivity index (χ3v) is 4.99. The molecule has 0 spiro atoms. The fraction of sp³-hybridized carbons (Fsp3) is 0.533. The normalized spacial score (nSPS) is 21.2. The van der Waals surface area contributed by atoms with E-state index in [0.29, 0.717) is 0 Å². The molecule has 102 valence electrons. The minimum Gasteiger partial charge on any atom is -0.481 e. The fourth-order valence-corrected chi connectivity index (χ4v) is 3.58.